The summed E-state index contributed by atoms with van der Waals surface area (Å²) in [7, 11) is 0. The molecular formula is C24H32N2O9. The first-order valence-electron chi connectivity index (χ1n) is 11.1. The van der Waals surface area contributed by atoms with Gasteiger partial charge in [0, 0.05) is 18.7 Å². The number of hydrogen-bond acceptors (Lipinski definition) is 7. The normalized spacial score (nSPS) is 18.8. The lowest BCUT2D eigenvalue weighted by Gasteiger charge is -2.40. The number of ether oxygens (including phenoxy) is 1. The molecule has 35 heavy (non-hydrogen) atoms. The van der Waals surface area contributed by atoms with E-state index in [1.807, 2.05) is 30.3 Å². The monoisotopic (exact) mass is 492 g/mol. The SMILES string of the molecule is CCOC(=O)C(CCc1ccccc1)C1(C(=O)O)CCCN1C(=O)C(C)N.O=C(O)C=CC(=O)O. The highest BCUT2D eigenvalue weighted by atomic mass is 16.5. The molecule has 1 aromatic rings. The van der Waals surface area contributed by atoms with Gasteiger partial charge in [-0.15, -0.1) is 0 Å². The van der Waals surface area contributed by atoms with E-state index in [-0.39, 0.29) is 26.0 Å². The smallest absolute Gasteiger partial charge is 0.330 e. The fourth-order valence-corrected chi connectivity index (χ4v) is 4.02. The van der Waals surface area contributed by atoms with Gasteiger partial charge in [0.2, 0.25) is 5.91 Å². The van der Waals surface area contributed by atoms with Crippen LogP contribution in [0.3, 0.4) is 0 Å². The molecule has 3 atom stereocenters. The Kier molecular flexibility index (Phi) is 11.6. The van der Waals surface area contributed by atoms with E-state index in [1.54, 1.807) is 6.92 Å². The Morgan fingerprint density at radius 1 is 1.09 bits per heavy atom. The van der Waals surface area contributed by atoms with Crippen LogP contribution in [0, 0.1) is 5.92 Å². The van der Waals surface area contributed by atoms with Gasteiger partial charge < -0.3 is 30.7 Å². The summed E-state index contributed by atoms with van der Waals surface area (Å²) in [5.74, 6) is -5.69. The van der Waals surface area contributed by atoms with Crippen LogP contribution in [-0.2, 0) is 35.1 Å². The molecule has 0 aliphatic carbocycles. The van der Waals surface area contributed by atoms with Crippen LogP contribution < -0.4 is 5.73 Å². The van der Waals surface area contributed by atoms with E-state index < -0.39 is 47.3 Å². The molecule has 11 nitrogen and oxygen atoms in total. The van der Waals surface area contributed by atoms with Gasteiger partial charge in [0.1, 0.15) is 0 Å². The molecule has 1 aromatic carbocycles. The van der Waals surface area contributed by atoms with E-state index in [2.05, 4.69) is 0 Å². The summed E-state index contributed by atoms with van der Waals surface area (Å²) >= 11 is 0. The molecular weight excluding hydrogens is 460 g/mol. The molecule has 192 valence electrons. The maximum Gasteiger partial charge on any atom is 0.330 e. The summed E-state index contributed by atoms with van der Waals surface area (Å²) in [4.78, 5) is 58.1. The van der Waals surface area contributed by atoms with Crippen LogP contribution in [0.5, 0.6) is 0 Å². The van der Waals surface area contributed by atoms with Crippen LogP contribution in [0.25, 0.3) is 0 Å². The molecule has 2 rings (SSSR count). The Morgan fingerprint density at radius 2 is 1.66 bits per heavy atom. The molecule has 1 saturated heterocycles. The summed E-state index contributed by atoms with van der Waals surface area (Å²) in [5.41, 5.74) is 5.11. The summed E-state index contributed by atoms with van der Waals surface area (Å²) in [6.07, 6.45) is 2.62. The van der Waals surface area contributed by atoms with E-state index in [0.29, 0.717) is 25.0 Å². The lowest BCUT2D eigenvalue weighted by molar-refractivity contribution is -0.170. The van der Waals surface area contributed by atoms with Crippen molar-refractivity contribution in [1.82, 2.24) is 4.90 Å². The van der Waals surface area contributed by atoms with Crippen LogP contribution in [0.1, 0.15) is 38.7 Å². The highest BCUT2D eigenvalue weighted by Crippen LogP contribution is 2.40. The van der Waals surface area contributed by atoms with Crippen molar-refractivity contribution in [3.05, 3.63) is 48.0 Å². The number of amides is 1. The third kappa shape index (κ3) is 8.21. The van der Waals surface area contributed by atoms with Crippen molar-refractivity contribution in [2.75, 3.05) is 13.2 Å². The number of nitrogens with zero attached hydrogens (tertiary/aromatic N) is 1. The first kappa shape index (κ1) is 29.3. The first-order valence-corrected chi connectivity index (χ1v) is 11.1. The highest BCUT2D eigenvalue weighted by molar-refractivity contribution is 5.94. The Balaban J connectivity index is 0.000000658. The van der Waals surface area contributed by atoms with Crippen molar-refractivity contribution >= 4 is 29.8 Å². The number of nitrogens with two attached hydrogens (primary N) is 1. The van der Waals surface area contributed by atoms with Crippen molar-refractivity contribution in [2.24, 2.45) is 11.7 Å². The molecule has 1 amide bonds. The first-order chi connectivity index (χ1) is 16.5. The second-order valence-electron chi connectivity index (χ2n) is 7.95. The second-order valence-corrected chi connectivity index (χ2v) is 7.95. The third-order valence-corrected chi connectivity index (χ3v) is 5.53. The van der Waals surface area contributed by atoms with Crippen LogP contribution in [0.2, 0.25) is 0 Å². The van der Waals surface area contributed by atoms with Gasteiger partial charge in [-0.3, -0.25) is 9.59 Å². The van der Waals surface area contributed by atoms with E-state index in [9.17, 15) is 29.1 Å². The largest absolute Gasteiger partial charge is 0.479 e. The zero-order chi connectivity index (χ0) is 26.6. The van der Waals surface area contributed by atoms with Gasteiger partial charge >= 0.3 is 23.9 Å². The van der Waals surface area contributed by atoms with Crippen molar-refractivity contribution in [3.63, 3.8) is 0 Å². The average molecular weight is 493 g/mol. The number of carbonyl (C=O) groups excluding carboxylic acids is 2. The molecule has 11 heteroatoms. The van der Waals surface area contributed by atoms with E-state index in [4.69, 9.17) is 20.7 Å². The van der Waals surface area contributed by atoms with Gasteiger partial charge in [0.25, 0.3) is 0 Å². The molecule has 1 fully saturated rings. The van der Waals surface area contributed by atoms with Gasteiger partial charge in [-0.25, -0.2) is 14.4 Å². The molecule has 1 heterocycles. The fourth-order valence-electron chi connectivity index (χ4n) is 4.02. The van der Waals surface area contributed by atoms with Crippen molar-refractivity contribution in [1.29, 1.82) is 0 Å². The van der Waals surface area contributed by atoms with Crippen LogP contribution in [-0.4, -0.2) is 74.7 Å². The summed E-state index contributed by atoms with van der Waals surface area (Å²) in [6.45, 7) is 3.63. The zero-order valence-corrected chi connectivity index (χ0v) is 19.8. The van der Waals surface area contributed by atoms with Gasteiger partial charge in [-0.2, -0.15) is 0 Å². The zero-order valence-electron chi connectivity index (χ0n) is 19.8. The van der Waals surface area contributed by atoms with Gasteiger partial charge in [0.15, 0.2) is 5.54 Å². The maximum atomic E-state index is 12.7. The number of carboxylic acid groups (broad SMARTS) is 3. The lowest BCUT2D eigenvalue weighted by Crippen LogP contribution is -2.62. The highest BCUT2D eigenvalue weighted by Gasteiger charge is 2.58. The molecule has 1 aliphatic rings. The van der Waals surface area contributed by atoms with Crippen molar-refractivity contribution in [3.8, 4) is 0 Å². The Morgan fingerprint density at radius 3 is 2.11 bits per heavy atom. The predicted octanol–water partition coefficient (Wildman–Crippen LogP) is 1.30. The number of aliphatic carboxylic acids is 3. The Bertz CT molecular complexity index is 914. The minimum Gasteiger partial charge on any atom is -0.479 e. The molecule has 0 spiro atoms. The molecule has 1 aliphatic heterocycles. The van der Waals surface area contributed by atoms with Gasteiger partial charge in [0.05, 0.1) is 18.6 Å². The van der Waals surface area contributed by atoms with E-state index in [1.165, 1.54) is 11.8 Å². The number of esters is 1. The molecule has 0 saturated carbocycles. The number of rotatable bonds is 10. The number of benzene rings is 1. The Labute approximate surface area is 203 Å². The van der Waals surface area contributed by atoms with Crippen molar-refractivity contribution < 1.29 is 44.0 Å². The number of hydrogen-bond donors (Lipinski definition) is 4. The molecule has 0 radical (unpaired) electrons. The predicted molar refractivity (Wildman–Crippen MR) is 124 cm³/mol. The minimum atomic E-state index is -1.62. The van der Waals surface area contributed by atoms with Crippen LogP contribution >= 0.6 is 0 Å². The number of carboxylic acids is 3. The molecule has 0 bridgehead atoms. The van der Waals surface area contributed by atoms with Gasteiger partial charge in [-0.1, -0.05) is 30.3 Å². The molecule has 3 unspecified atom stereocenters. The fraction of sp³-hybridized carbons (Fsp3) is 0.458. The third-order valence-electron chi connectivity index (χ3n) is 5.53. The number of likely N-dealkylation sites (tertiary alicyclic amines) is 1. The lowest BCUT2D eigenvalue weighted by atomic mass is 9.77. The van der Waals surface area contributed by atoms with Gasteiger partial charge in [-0.05, 0) is 45.1 Å². The Hall–Kier alpha value is -3.73. The van der Waals surface area contributed by atoms with Crippen LogP contribution in [0.4, 0.5) is 0 Å². The topological polar surface area (TPSA) is 185 Å². The summed E-state index contributed by atoms with van der Waals surface area (Å²) < 4.78 is 5.20. The second kappa shape index (κ2) is 13.9. The average Bonchev–Trinajstić information content (AvgIpc) is 3.24. The van der Waals surface area contributed by atoms with Crippen LogP contribution in [0.15, 0.2) is 42.5 Å². The quantitative estimate of drug-likeness (QED) is 0.274. The number of carbonyl (C=O) groups is 5. The standard InChI is InChI=1S/C20H28N2O5.C4H4O4/c1-3-27-18(24)16(11-10-15-8-5-4-6-9-15)20(19(25)26)12-7-13-22(20)17(23)14(2)21;5-3(6)1-2-4(7)8/h4-6,8-9,14,16H,3,7,10-13,21H2,1-2H3,(H,25,26);1-2H,(H,5,6)(H,7,8). The molecule has 5 N–H and O–H groups in total. The van der Waals surface area contributed by atoms with Crippen molar-refractivity contribution in [2.45, 2.75) is 51.1 Å². The minimum absolute atomic E-state index is 0.150. The maximum absolute atomic E-state index is 12.7. The molecule has 0 aromatic heterocycles. The van der Waals surface area contributed by atoms with E-state index >= 15 is 0 Å². The summed E-state index contributed by atoms with van der Waals surface area (Å²) in [5, 5.41) is 25.7. The number of aryl methyl sites for hydroxylation is 1. The summed E-state index contributed by atoms with van der Waals surface area (Å²) in [6, 6.07) is 8.70. The van der Waals surface area contributed by atoms with E-state index in [0.717, 1.165) is 5.56 Å².